The molecule has 3 aromatic heterocycles. The standard InChI is InChI=1S/C24H24N4O2S/c1-14-7-9-18(10-8-14)21(27-24-25-15(2)12-16(3)26-24)19-13-17(4)31-23(19)28-22(29)20-6-5-11-30-20/h5-13,21H,1-4H3,(H,28,29)(H,25,26,27)/t21-/m0/s1. The highest BCUT2D eigenvalue weighted by Crippen LogP contribution is 2.37. The SMILES string of the molecule is Cc1ccc([C@H](Nc2nc(C)cc(C)n2)c2cc(C)sc2NC(=O)c2ccco2)cc1. The lowest BCUT2D eigenvalue weighted by atomic mass is 9.99. The molecule has 4 aromatic rings. The zero-order valence-electron chi connectivity index (χ0n) is 17.9. The summed E-state index contributed by atoms with van der Waals surface area (Å²) in [5.74, 6) is 0.545. The minimum atomic E-state index is -0.279. The number of hydrogen-bond acceptors (Lipinski definition) is 6. The second kappa shape index (κ2) is 8.73. The number of carbonyl (C=O) groups is 1. The first kappa shape index (κ1) is 20.8. The second-order valence-corrected chi connectivity index (χ2v) is 8.79. The third-order valence-corrected chi connectivity index (χ3v) is 5.82. The molecule has 0 saturated carbocycles. The van der Waals surface area contributed by atoms with E-state index in [0.29, 0.717) is 5.95 Å². The molecule has 3 heterocycles. The molecule has 1 aromatic carbocycles. The van der Waals surface area contributed by atoms with E-state index in [0.717, 1.165) is 32.4 Å². The molecule has 31 heavy (non-hydrogen) atoms. The molecule has 0 aliphatic carbocycles. The maximum atomic E-state index is 12.6. The van der Waals surface area contributed by atoms with E-state index in [9.17, 15) is 4.79 Å². The Balaban J connectivity index is 1.74. The van der Waals surface area contributed by atoms with Crippen LogP contribution in [0, 0.1) is 27.7 Å². The number of rotatable bonds is 6. The van der Waals surface area contributed by atoms with Gasteiger partial charge in [0.1, 0.15) is 5.00 Å². The lowest BCUT2D eigenvalue weighted by molar-refractivity contribution is 0.0997. The zero-order chi connectivity index (χ0) is 22.0. The molecule has 0 fully saturated rings. The molecule has 6 nitrogen and oxygen atoms in total. The van der Waals surface area contributed by atoms with Gasteiger partial charge < -0.3 is 15.1 Å². The first-order valence-electron chi connectivity index (χ1n) is 9.99. The summed E-state index contributed by atoms with van der Waals surface area (Å²) in [6, 6.07) is 15.5. The first-order valence-corrected chi connectivity index (χ1v) is 10.8. The van der Waals surface area contributed by atoms with Gasteiger partial charge in [-0.2, -0.15) is 0 Å². The van der Waals surface area contributed by atoms with Crippen LogP contribution in [0.1, 0.15) is 49.6 Å². The minimum Gasteiger partial charge on any atom is -0.459 e. The van der Waals surface area contributed by atoms with Gasteiger partial charge in [0, 0.05) is 21.8 Å². The van der Waals surface area contributed by atoms with Crippen LogP contribution < -0.4 is 10.6 Å². The van der Waals surface area contributed by atoms with E-state index in [4.69, 9.17) is 4.42 Å². The highest BCUT2D eigenvalue weighted by Gasteiger charge is 2.23. The number of nitrogens with one attached hydrogen (secondary N) is 2. The molecule has 0 saturated heterocycles. The van der Waals surface area contributed by atoms with E-state index >= 15 is 0 Å². The van der Waals surface area contributed by atoms with E-state index < -0.39 is 0 Å². The van der Waals surface area contributed by atoms with E-state index in [1.54, 1.807) is 12.1 Å². The number of aromatic nitrogens is 2. The molecule has 1 atom stereocenters. The number of nitrogens with zero attached hydrogens (tertiary/aromatic N) is 2. The van der Waals surface area contributed by atoms with Crippen LogP contribution >= 0.6 is 11.3 Å². The van der Waals surface area contributed by atoms with Gasteiger partial charge in [-0.15, -0.1) is 11.3 Å². The molecule has 2 N–H and O–H groups in total. The molecule has 4 rings (SSSR count). The third-order valence-electron chi connectivity index (χ3n) is 4.83. The summed E-state index contributed by atoms with van der Waals surface area (Å²) < 4.78 is 5.25. The van der Waals surface area contributed by atoms with Gasteiger partial charge in [-0.1, -0.05) is 29.8 Å². The molecule has 0 unspecified atom stereocenters. The molecular weight excluding hydrogens is 408 g/mol. The highest BCUT2D eigenvalue weighted by molar-refractivity contribution is 7.16. The van der Waals surface area contributed by atoms with Gasteiger partial charge >= 0.3 is 0 Å². The van der Waals surface area contributed by atoms with Crippen molar-refractivity contribution in [3.63, 3.8) is 0 Å². The van der Waals surface area contributed by atoms with E-state index in [2.05, 4.69) is 57.9 Å². The van der Waals surface area contributed by atoms with Crippen molar-refractivity contribution >= 4 is 28.2 Å². The van der Waals surface area contributed by atoms with Crippen molar-refractivity contribution in [1.82, 2.24) is 9.97 Å². The van der Waals surface area contributed by atoms with Gasteiger partial charge in [-0.25, -0.2) is 9.97 Å². The summed E-state index contributed by atoms with van der Waals surface area (Å²) in [4.78, 5) is 22.9. The van der Waals surface area contributed by atoms with Gasteiger partial charge in [0.25, 0.3) is 5.91 Å². The number of aryl methyl sites for hydroxylation is 4. The van der Waals surface area contributed by atoms with Crippen molar-refractivity contribution in [2.24, 2.45) is 0 Å². The fourth-order valence-electron chi connectivity index (χ4n) is 3.44. The van der Waals surface area contributed by atoms with E-state index in [1.807, 2.05) is 26.8 Å². The van der Waals surface area contributed by atoms with E-state index in [1.165, 1.54) is 23.2 Å². The summed E-state index contributed by atoms with van der Waals surface area (Å²) in [5.41, 5.74) is 4.97. The van der Waals surface area contributed by atoms with Gasteiger partial charge in [0.2, 0.25) is 5.95 Å². The molecule has 158 valence electrons. The number of amides is 1. The highest BCUT2D eigenvalue weighted by atomic mass is 32.1. The molecular formula is C24H24N4O2S. The Labute approximate surface area is 185 Å². The zero-order valence-corrected chi connectivity index (χ0v) is 18.7. The summed E-state index contributed by atoms with van der Waals surface area (Å²) in [6.45, 7) is 7.98. The number of anilines is 2. The fourth-order valence-corrected chi connectivity index (χ4v) is 4.38. The largest absolute Gasteiger partial charge is 0.459 e. The van der Waals surface area contributed by atoms with Crippen LogP contribution in [0.25, 0.3) is 0 Å². The average Bonchev–Trinajstić information content (AvgIpc) is 3.36. The number of thiophene rings is 1. The first-order chi connectivity index (χ1) is 14.9. The van der Waals surface area contributed by atoms with Gasteiger partial charge in [-0.05, 0) is 57.5 Å². The molecule has 0 bridgehead atoms. The van der Waals surface area contributed by atoms with Gasteiger partial charge in [0.15, 0.2) is 5.76 Å². The average molecular weight is 433 g/mol. The second-order valence-electron chi connectivity index (χ2n) is 7.54. The molecule has 1 amide bonds. The minimum absolute atomic E-state index is 0.237. The maximum absolute atomic E-state index is 12.6. The summed E-state index contributed by atoms with van der Waals surface area (Å²) in [6.07, 6.45) is 1.49. The molecule has 0 radical (unpaired) electrons. The molecule has 0 aliphatic heterocycles. The Hall–Kier alpha value is -3.45. The van der Waals surface area contributed by atoms with Crippen molar-refractivity contribution in [1.29, 1.82) is 0 Å². The molecule has 0 aliphatic rings. The van der Waals surface area contributed by atoms with Gasteiger partial charge in [0.05, 0.1) is 12.3 Å². The van der Waals surface area contributed by atoms with Gasteiger partial charge in [-0.3, -0.25) is 4.79 Å². The van der Waals surface area contributed by atoms with Crippen LogP contribution in [-0.2, 0) is 0 Å². The predicted octanol–water partition coefficient (Wildman–Crippen LogP) is 5.82. The van der Waals surface area contributed by atoms with Crippen LogP contribution in [-0.4, -0.2) is 15.9 Å². The number of carbonyl (C=O) groups excluding carboxylic acids is 1. The Morgan fingerprint density at radius 2 is 1.71 bits per heavy atom. The van der Waals surface area contributed by atoms with Crippen molar-refractivity contribution in [3.05, 3.63) is 93.5 Å². The Kier molecular flexibility index (Phi) is 5.86. The Bertz CT molecular complexity index is 1180. The van der Waals surface area contributed by atoms with Crippen LogP contribution in [0.3, 0.4) is 0 Å². The van der Waals surface area contributed by atoms with Crippen molar-refractivity contribution in [2.45, 2.75) is 33.7 Å². The smallest absolute Gasteiger partial charge is 0.291 e. The van der Waals surface area contributed by atoms with Crippen molar-refractivity contribution in [2.75, 3.05) is 10.6 Å². The van der Waals surface area contributed by atoms with Crippen LogP contribution in [0.5, 0.6) is 0 Å². The maximum Gasteiger partial charge on any atom is 0.291 e. The summed E-state index contributed by atoms with van der Waals surface area (Å²) in [5, 5.41) is 7.26. The molecule has 7 heteroatoms. The topological polar surface area (TPSA) is 80.0 Å². The van der Waals surface area contributed by atoms with Crippen molar-refractivity contribution < 1.29 is 9.21 Å². The van der Waals surface area contributed by atoms with Crippen LogP contribution in [0.15, 0.2) is 59.2 Å². The van der Waals surface area contributed by atoms with Crippen LogP contribution in [0.2, 0.25) is 0 Å². The Morgan fingerprint density at radius 3 is 2.35 bits per heavy atom. The quantitative estimate of drug-likeness (QED) is 0.401. The summed E-state index contributed by atoms with van der Waals surface area (Å²) in [7, 11) is 0. The lowest BCUT2D eigenvalue weighted by Gasteiger charge is -2.21. The monoisotopic (exact) mass is 432 g/mol. The van der Waals surface area contributed by atoms with Crippen LogP contribution in [0.4, 0.5) is 10.9 Å². The predicted molar refractivity (Wildman–Crippen MR) is 124 cm³/mol. The Morgan fingerprint density at radius 1 is 1.00 bits per heavy atom. The number of furan rings is 1. The summed E-state index contributed by atoms with van der Waals surface area (Å²) >= 11 is 1.53. The van der Waals surface area contributed by atoms with Crippen molar-refractivity contribution in [3.8, 4) is 0 Å². The van der Waals surface area contributed by atoms with E-state index in [-0.39, 0.29) is 17.7 Å². The third kappa shape index (κ3) is 4.83. The number of benzene rings is 1. The fraction of sp³-hybridized carbons (Fsp3) is 0.208. The lowest BCUT2D eigenvalue weighted by Crippen LogP contribution is -2.18. The number of hydrogen-bond donors (Lipinski definition) is 2. The normalized spacial score (nSPS) is 11.9. The molecule has 0 spiro atoms.